The minimum atomic E-state index is -4.74. The van der Waals surface area contributed by atoms with Crippen molar-refractivity contribution in [2.24, 2.45) is 5.41 Å². The van der Waals surface area contributed by atoms with Gasteiger partial charge in [-0.05, 0) is 6.42 Å². The van der Waals surface area contributed by atoms with Crippen LogP contribution in [-0.2, 0) is 16.8 Å². The molecule has 0 amide bonds. The predicted molar refractivity (Wildman–Crippen MR) is 76.8 cm³/mol. The highest BCUT2D eigenvalue weighted by atomic mass is 32.1. The first-order valence-electron chi connectivity index (χ1n) is 6.93. The molecule has 1 aliphatic heterocycles. The zero-order chi connectivity index (χ0) is 16.8. The molecule has 0 saturated carbocycles. The van der Waals surface area contributed by atoms with Crippen LogP contribution in [0.4, 0.5) is 13.2 Å². The van der Waals surface area contributed by atoms with Gasteiger partial charge in [-0.1, -0.05) is 20.8 Å². The number of halogens is 3. The number of rotatable bonds is 3. The number of carbonyl (C=O) groups is 1. The highest BCUT2D eigenvalue weighted by Gasteiger charge is 2.63. The van der Waals surface area contributed by atoms with Gasteiger partial charge in [-0.3, -0.25) is 9.69 Å². The first-order chi connectivity index (χ1) is 9.96. The third-order valence-electron chi connectivity index (χ3n) is 3.87. The van der Waals surface area contributed by atoms with Crippen LogP contribution in [0.15, 0.2) is 6.20 Å². The van der Waals surface area contributed by atoms with Crippen molar-refractivity contribution < 1.29 is 23.1 Å². The second kappa shape index (κ2) is 5.49. The molecule has 0 aliphatic carbocycles. The topological polar surface area (TPSA) is 53.4 Å². The van der Waals surface area contributed by atoms with Gasteiger partial charge in [-0.25, -0.2) is 4.98 Å². The number of carboxylic acid groups (broad SMARTS) is 1. The lowest BCUT2D eigenvalue weighted by Crippen LogP contribution is -2.47. The summed E-state index contributed by atoms with van der Waals surface area (Å²) in [6.45, 7) is 5.97. The molecule has 1 aromatic rings. The molecule has 1 saturated heterocycles. The molecule has 0 bridgehead atoms. The molecule has 2 rings (SSSR count). The highest BCUT2D eigenvalue weighted by Crippen LogP contribution is 2.46. The molecule has 124 valence electrons. The molecule has 4 nitrogen and oxygen atoms in total. The second-order valence-electron chi connectivity index (χ2n) is 6.73. The molecule has 0 spiro atoms. The Labute approximate surface area is 131 Å². The first-order valence-corrected chi connectivity index (χ1v) is 7.75. The van der Waals surface area contributed by atoms with Gasteiger partial charge in [0.2, 0.25) is 0 Å². The van der Waals surface area contributed by atoms with Crippen LogP contribution in [0.2, 0.25) is 0 Å². The Hall–Kier alpha value is -1.15. The molecule has 1 aliphatic rings. The lowest BCUT2D eigenvalue weighted by molar-refractivity contribution is -0.227. The van der Waals surface area contributed by atoms with Crippen LogP contribution in [0.5, 0.6) is 0 Å². The van der Waals surface area contributed by atoms with Crippen molar-refractivity contribution in [3.8, 4) is 0 Å². The zero-order valence-electron chi connectivity index (χ0n) is 12.7. The fourth-order valence-electron chi connectivity index (χ4n) is 2.50. The molecule has 1 aromatic heterocycles. The van der Waals surface area contributed by atoms with Gasteiger partial charge in [-0.15, -0.1) is 11.3 Å². The highest BCUT2D eigenvalue weighted by molar-refractivity contribution is 7.11. The first kappa shape index (κ1) is 17.2. The van der Waals surface area contributed by atoms with Crippen LogP contribution in [0.25, 0.3) is 0 Å². The van der Waals surface area contributed by atoms with Gasteiger partial charge in [0.15, 0.2) is 5.41 Å². The van der Waals surface area contributed by atoms with E-state index < -0.39 is 30.5 Å². The van der Waals surface area contributed by atoms with Crippen molar-refractivity contribution in [1.82, 2.24) is 9.88 Å². The fourth-order valence-corrected chi connectivity index (χ4v) is 3.51. The number of carboxylic acids is 1. The summed E-state index contributed by atoms with van der Waals surface area (Å²) in [7, 11) is 0. The molecule has 1 unspecified atom stereocenters. The lowest BCUT2D eigenvalue weighted by Gasteiger charge is -2.27. The van der Waals surface area contributed by atoms with Crippen LogP contribution in [0.1, 0.15) is 37.1 Å². The molecule has 22 heavy (non-hydrogen) atoms. The maximum atomic E-state index is 13.1. The van der Waals surface area contributed by atoms with E-state index in [-0.39, 0.29) is 12.0 Å². The molecular formula is C14H19F3N2O2S. The van der Waals surface area contributed by atoms with Crippen LogP contribution in [0, 0.1) is 5.41 Å². The Morgan fingerprint density at radius 1 is 1.45 bits per heavy atom. The smallest absolute Gasteiger partial charge is 0.406 e. The molecule has 8 heteroatoms. The largest absolute Gasteiger partial charge is 0.481 e. The number of aliphatic carboxylic acids is 1. The number of thiazole rings is 1. The standard InChI is InChI=1S/C14H19F3N2O2S/c1-12(2,3)10-18-6-9(22-10)7-19-5-4-13(8-19,11(20)21)14(15,16)17/h6H,4-5,7-8H2,1-3H3,(H,20,21). The second-order valence-corrected chi connectivity index (χ2v) is 7.84. The quantitative estimate of drug-likeness (QED) is 0.920. The number of alkyl halides is 3. The van der Waals surface area contributed by atoms with Crippen LogP contribution in [0.3, 0.4) is 0 Å². The third kappa shape index (κ3) is 3.12. The van der Waals surface area contributed by atoms with Crippen LogP contribution < -0.4 is 0 Å². The number of aromatic nitrogens is 1. The van der Waals surface area contributed by atoms with E-state index in [0.717, 1.165) is 9.88 Å². The van der Waals surface area contributed by atoms with Gasteiger partial charge >= 0.3 is 12.1 Å². The molecular weight excluding hydrogens is 317 g/mol. The summed E-state index contributed by atoms with van der Waals surface area (Å²) < 4.78 is 39.4. The molecule has 1 atom stereocenters. The van der Waals surface area contributed by atoms with E-state index in [1.54, 1.807) is 11.1 Å². The number of likely N-dealkylation sites (tertiary alicyclic amines) is 1. The summed E-state index contributed by atoms with van der Waals surface area (Å²) in [6.07, 6.45) is -3.48. The van der Waals surface area contributed by atoms with E-state index in [1.807, 2.05) is 20.8 Å². The van der Waals surface area contributed by atoms with Gasteiger partial charge in [0.05, 0.1) is 5.01 Å². The summed E-state index contributed by atoms with van der Waals surface area (Å²) in [5, 5.41) is 9.96. The Balaban J connectivity index is 2.11. The summed E-state index contributed by atoms with van der Waals surface area (Å²) in [5.74, 6) is -1.79. The van der Waals surface area contributed by atoms with E-state index in [0.29, 0.717) is 6.54 Å². The van der Waals surface area contributed by atoms with Crippen LogP contribution >= 0.6 is 11.3 Å². The molecule has 2 heterocycles. The molecule has 1 N–H and O–H groups in total. The van der Waals surface area contributed by atoms with Crippen molar-refractivity contribution in [2.75, 3.05) is 13.1 Å². The normalized spacial score (nSPS) is 23.9. The monoisotopic (exact) mass is 336 g/mol. The van der Waals surface area contributed by atoms with Gasteiger partial charge < -0.3 is 5.11 Å². The molecule has 1 fully saturated rings. The van der Waals surface area contributed by atoms with Gasteiger partial charge in [-0.2, -0.15) is 13.2 Å². The minimum Gasteiger partial charge on any atom is -0.481 e. The van der Waals surface area contributed by atoms with E-state index in [4.69, 9.17) is 5.11 Å². The average Bonchev–Trinajstić information content (AvgIpc) is 2.94. The van der Waals surface area contributed by atoms with Crippen molar-refractivity contribution in [1.29, 1.82) is 0 Å². The third-order valence-corrected chi connectivity index (χ3v) is 5.28. The van der Waals surface area contributed by atoms with Crippen molar-refractivity contribution in [2.45, 2.75) is 45.3 Å². The van der Waals surface area contributed by atoms with E-state index >= 15 is 0 Å². The Kier molecular flexibility index (Phi) is 4.29. The summed E-state index contributed by atoms with van der Waals surface area (Å²) in [5.41, 5.74) is -2.75. The van der Waals surface area contributed by atoms with E-state index in [2.05, 4.69) is 4.98 Å². The summed E-state index contributed by atoms with van der Waals surface area (Å²) >= 11 is 1.46. The number of nitrogens with zero attached hydrogens (tertiary/aromatic N) is 2. The summed E-state index contributed by atoms with van der Waals surface area (Å²) in [6, 6.07) is 0. The van der Waals surface area contributed by atoms with E-state index in [9.17, 15) is 18.0 Å². The fraction of sp³-hybridized carbons (Fsp3) is 0.714. The Morgan fingerprint density at radius 2 is 2.09 bits per heavy atom. The molecule has 0 aromatic carbocycles. The Morgan fingerprint density at radius 3 is 2.50 bits per heavy atom. The maximum absolute atomic E-state index is 13.1. The van der Waals surface area contributed by atoms with Gasteiger partial charge in [0, 0.05) is 36.1 Å². The maximum Gasteiger partial charge on any atom is 0.406 e. The summed E-state index contributed by atoms with van der Waals surface area (Å²) in [4.78, 5) is 17.8. The number of hydrogen-bond donors (Lipinski definition) is 1. The average molecular weight is 336 g/mol. The minimum absolute atomic E-state index is 0.106. The zero-order valence-corrected chi connectivity index (χ0v) is 13.5. The van der Waals surface area contributed by atoms with Crippen molar-refractivity contribution in [3.63, 3.8) is 0 Å². The molecule has 0 radical (unpaired) electrons. The van der Waals surface area contributed by atoms with E-state index in [1.165, 1.54) is 11.3 Å². The van der Waals surface area contributed by atoms with Crippen LogP contribution in [-0.4, -0.2) is 40.2 Å². The van der Waals surface area contributed by atoms with Crippen molar-refractivity contribution in [3.05, 3.63) is 16.1 Å². The predicted octanol–water partition coefficient (Wildman–Crippen LogP) is 3.28. The van der Waals surface area contributed by atoms with Gasteiger partial charge in [0.1, 0.15) is 0 Å². The lowest BCUT2D eigenvalue weighted by atomic mass is 9.86. The number of hydrogen-bond acceptors (Lipinski definition) is 4. The van der Waals surface area contributed by atoms with Gasteiger partial charge in [0.25, 0.3) is 0 Å². The Bertz CT molecular complexity index is 565. The van der Waals surface area contributed by atoms with Crippen molar-refractivity contribution >= 4 is 17.3 Å². The SMILES string of the molecule is CC(C)(C)c1ncc(CN2CCC(C(=O)O)(C(F)(F)F)C2)s1.